The predicted molar refractivity (Wildman–Crippen MR) is 109 cm³/mol. The third kappa shape index (κ3) is 4.95. The zero-order chi connectivity index (χ0) is 20.1. The van der Waals surface area contributed by atoms with Crippen LogP contribution in [0.3, 0.4) is 0 Å². The zero-order valence-corrected chi connectivity index (χ0v) is 16.7. The van der Waals surface area contributed by atoms with Crippen molar-refractivity contribution in [3.63, 3.8) is 0 Å². The van der Waals surface area contributed by atoms with Gasteiger partial charge in [0.05, 0.1) is 18.3 Å². The topological polar surface area (TPSA) is 68.5 Å². The van der Waals surface area contributed by atoms with Crippen LogP contribution < -0.4 is 4.74 Å². The van der Waals surface area contributed by atoms with E-state index in [2.05, 4.69) is 9.97 Å². The lowest BCUT2D eigenvalue weighted by Gasteiger charge is -2.31. The molecule has 0 aliphatic carbocycles. The van der Waals surface area contributed by atoms with Crippen molar-refractivity contribution in [3.8, 4) is 5.75 Å². The van der Waals surface area contributed by atoms with E-state index in [4.69, 9.17) is 20.8 Å². The van der Waals surface area contributed by atoms with Gasteiger partial charge in [0.15, 0.2) is 12.5 Å². The lowest BCUT2D eigenvalue weighted by molar-refractivity contribution is -0.134. The van der Waals surface area contributed by atoms with Crippen LogP contribution in [-0.2, 0) is 11.2 Å². The van der Waals surface area contributed by atoms with Crippen molar-refractivity contribution in [2.45, 2.75) is 25.2 Å². The fourth-order valence-corrected chi connectivity index (χ4v) is 3.70. The van der Waals surface area contributed by atoms with Gasteiger partial charge in [0.25, 0.3) is 5.91 Å². The first kappa shape index (κ1) is 19.5. The Labute approximate surface area is 174 Å². The summed E-state index contributed by atoms with van der Waals surface area (Å²) in [7, 11) is 0. The molecule has 7 heteroatoms. The quantitative estimate of drug-likeness (QED) is 0.610. The molecule has 1 saturated heterocycles. The van der Waals surface area contributed by atoms with Gasteiger partial charge in [0, 0.05) is 30.7 Å². The number of likely N-dealkylation sites (tertiary alicyclic amines) is 1. The van der Waals surface area contributed by atoms with Crippen LogP contribution in [0, 0.1) is 0 Å². The van der Waals surface area contributed by atoms with Crippen LogP contribution in [0.25, 0.3) is 0 Å². The number of carbonyl (C=O) groups is 1. The number of halogens is 1. The van der Waals surface area contributed by atoms with E-state index in [9.17, 15) is 4.79 Å². The van der Waals surface area contributed by atoms with Crippen molar-refractivity contribution in [1.29, 1.82) is 0 Å². The minimum atomic E-state index is -0.0404. The molecule has 150 valence electrons. The lowest BCUT2D eigenvalue weighted by Crippen LogP contribution is -2.41. The molecule has 4 rings (SSSR count). The van der Waals surface area contributed by atoms with Gasteiger partial charge in [-0.3, -0.25) is 9.78 Å². The molecule has 1 aromatic carbocycles. The maximum absolute atomic E-state index is 12.5. The SMILES string of the molecule is O=C(COc1cccnc1)N1CCCC(c2ncc(Cc3ccccc3Cl)o2)C1. The molecule has 1 fully saturated rings. The van der Waals surface area contributed by atoms with Gasteiger partial charge in [-0.05, 0) is 36.6 Å². The standard InChI is InChI=1S/C22H22ClN3O3/c23-20-8-2-1-5-16(20)11-19-13-25-22(29-19)17-6-4-10-26(14-17)21(27)15-28-18-7-3-9-24-12-18/h1-3,5,7-9,12-13,17H,4,6,10-11,14-15H2. The van der Waals surface area contributed by atoms with E-state index >= 15 is 0 Å². The second-order valence-electron chi connectivity index (χ2n) is 7.09. The van der Waals surface area contributed by atoms with Gasteiger partial charge in [-0.25, -0.2) is 4.98 Å². The fraction of sp³-hybridized carbons (Fsp3) is 0.318. The van der Waals surface area contributed by atoms with Crippen molar-refractivity contribution < 1.29 is 13.9 Å². The van der Waals surface area contributed by atoms with E-state index in [1.54, 1.807) is 30.7 Å². The Morgan fingerprint density at radius 2 is 2.14 bits per heavy atom. The van der Waals surface area contributed by atoms with Gasteiger partial charge < -0.3 is 14.1 Å². The monoisotopic (exact) mass is 411 g/mol. The Kier molecular flexibility index (Phi) is 6.10. The van der Waals surface area contributed by atoms with Gasteiger partial charge in [-0.15, -0.1) is 0 Å². The van der Waals surface area contributed by atoms with Crippen LogP contribution in [0.15, 0.2) is 59.4 Å². The highest BCUT2D eigenvalue weighted by Gasteiger charge is 2.28. The number of hydrogen-bond acceptors (Lipinski definition) is 5. The average Bonchev–Trinajstić information content (AvgIpc) is 3.23. The molecule has 0 radical (unpaired) electrons. The Bertz CT molecular complexity index is 961. The normalized spacial score (nSPS) is 16.6. The van der Waals surface area contributed by atoms with Crippen molar-refractivity contribution in [2.24, 2.45) is 0 Å². The van der Waals surface area contributed by atoms with Crippen molar-refractivity contribution in [1.82, 2.24) is 14.9 Å². The maximum atomic E-state index is 12.5. The minimum Gasteiger partial charge on any atom is -0.482 e. The molecule has 1 aliphatic rings. The summed E-state index contributed by atoms with van der Waals surface area (Å²) < 4.78 is 11.5. The molecule has 1 unspecified atom stereocenters. The number of nitrogens with zero attached hydrogens (tertiary/aromatic N) is 3. The van der Waals surface area contributed by atoms with E-state index in [-0.39, 0.29) is 18.4 Å². The summed E-state index contributed by atoms with van der Waals surface area (Å²) in [4.78, 5) is 22.8. The number of ether oxygens (including phenoxy) is 1. The first-order chi connectivity index (χ1) is 14.2. The third-order valence-corrected chi connectivity index (χ3v) is 5.38. The number of hydrogen-bond donors (Lipinski definition) is 0. The van der Waals surface area contributed by atoms with Crippen LogP contribution in [0.5, 0.6) is 5.75 Å². The molecule has 2 aromatic heterocycles. The third-order valence-electron chi connectivity index (χ3n) is 5.01. The second kappa shape index (κ2) is 9.09. The highest BCUT2D eigenvalue weighted by molar-refractivity contribution is 6.31. The lowest BCUT2D eigenvalue weighted by atomic mass is 9.98. The van der Waals surface area contributed by atoms with Crippen LogP contribution in [0.4, 0.5) is 0 Å². The smallest absolute Gasteiger partial charge is 0.260 e. The maximum Gasteiger partial charge on any atom is 0.260 e. The molecule has 3 heterocycles. The number of piperidine rings is 1. The first-order valence-corrected chi connectivity index (χ1v) is 10.1. The molecular weight excluding hydrogens is 390 g/mol. The largest absolute Gasteiger partial charge is 0.482 e. The summed E-state index contributed by atoms with van der Waals surface area (Å²) in [5.41, 5.74) is 1.00. The van der Waals surface area contributed by atoms with Crippen LogP contribution in [0.1, 0.15) is 36.0 Å². The van der Waals surface area contributed by atoms with Gasteiger partial charge in [0.2, 0.25) is 0 Å². The molecule has 29 heavy (non-hydrogen) atoms. The number of rotatable bonds is 6. The van der Waals surface area contributed by atoms with E-state index in [0.717, 1.165) is 30.7 Å². The van der Waals surface area contributed by atoms with Crippen LogP contribution >= 0.6 is 11.6 Å². The number of aromatic nitrogens is 2. The molecule has 3 aromatic rings. The number of amides is 1. The van der Waals surface area contributed by atoms with Crippen LogP contribution in [-0.4, -0.2) is 40.5 Å². The molecule has 1 aliphatic heterocycles. The van der Waals surface area contributed by atoms with Crippen molar-refractivity contribution in [3.05, 3.63) is 77.2 Å². The Hall–Kier alpha value is -2.86. The number of benzene rings is 1. The highest BCUT2D eigenvalue weighted by atomic mass is 35.5. The summed E-state index contributed by atoms with van der Waals surface area (Å²) in [6.45, 7) is 1.31. The summed E-state index contributed by atoms with van der Waals surface area (Å²) >= 11 is 6.24. The molecule has 6 nitrogen and oxygen atoms in total. The van der Waals surface area contributed by atoms with Crippen LogP contribution in [0.2, 0.25) is 5.02 Å². The van der Waals surface area contributed by atoms with E-state index in [0.29, 0.717) is 29.6 Å². The molecule has 0 saturated carbocycles. The Balaban J connectivity index is 1.35. The summed E-state index contributed by atoms with van der Waals surface area (Å²) in [5.74, 6) is 2.09. The van der Waals surface area contributed by atoms with E-state index < -0.39 is 0 Å². The number of pyridine rings is 1. The Morgan fingerprint density at radius 3 is 2.97 bits per heavy atom. The fourth-order valence-electron chi connectivity index (χ4n) is 3.50. The minimum absolute atomic E-state index is 0.00174. The van der Waals surface area contributed by atoms with Gasteiger partial charge in [-0.1, -0.05) is 29.8 Å². The van der Waals surface area contributed by atoms with Gasteiger partial charge >= 0.3 is 0 Å². The summed E-state index contributed by atoms with van der Waals surface area (Å²) in [6, 6.07) is 11.3. The number of carbonyl (C=O) groups excluding carboxylic acids is 1. The molecular formula is C22H22ClN3O3. The van der Waals surface area contributed by atoms with Gasteiger partial charge in [-0.2, -0.15) is 0 Å². The molecule has 1 atom stereocenters. The van der Waals surface area contributed by atoms with Crippen molar-refractivity contribution in [2.75, 3.05) is 19.7 Å². The summed E-state index contributed by atoms with van der Waals surface area (Å²) in [6.07, 6.45) is 7.47. The first-order valence-electron chi connectivity index (χ1n) is 9.67. The molecule has 1 amide bonds. The van der Waals surface area contributed by atoms with Crippen molar-refractivity contribution >= 4 is 17.5 Å². The van der Waals surface area contributed by atoms with Gasteiger partial charge in [0.1, 0.15) is 11.5 Å². The zero-order valence-electron chi connectivity index (χ0n) is 16.0. The molecule has 0 bridgehead atoms. The number of oxazole rings is 1. The second-order valence-corrected chi connectivity index (χ2v) is 7.50. The molecule has 0 N–H and O–H groups in total. The van der Waals surface area contributed by atoms with E-state index in [1.807, 2.05) is 29.2 Å². The predicted octanol–water partition coefficient (Wildman–Crippen LogP) is 4.10. The molecule has 0 spiro atoms. The average molecular weight is 412 g/mol. The Morgan fingerprint density at radius 1 is 1.24 bits per heavy atom. The van der Waals surface area contributed by atoms with E-state index in [1.165, 1.54) is 0 Å². The highest BCUT2D eigenvalue weighted by Crippen LogP contribution is 2.28. The summed E-state index contributed by atoms with van der Waals surface area (Å²) in [5, 5.41) is 0.716.